The number of ether oxygens (including phenoxy) is 2. The molecular formula is C28H38N2O7. The molecule has 1 fully saturated rings. The number of aliphatic hydroxyl groups excluding tert-OH is 2. The molecule has 1 saturated heterocycles. The number of methoxy groups -OCH3 is 1. The van der Waals surface area contributed by atoms with E-state index in [2.05, 4.69) is 0 Å². The zero-order chi connectivity index (χ0) is 27.7. The van der Waals surface area contributed by atoms with Crippen molar-refractivity contribution in [3.63, 3.8) is 0 Å². The summed E-state index contributed by atoms with van der Waals surface area (Å²) in [6.45, 7) is 5.79. The van der Waals surface area contributed by atoms with Crippen LogP contribution in [-0.4, -0.2) is 69.8 Å². The zero-order valence-electron chi connectivity index (χ0n) is 21.9. The lowest BCUT2D eigenvalue weighted by Gasteiger charge is -2.29. The molecule has 1 aliphatic rings. The minimum atomic E-state index is -1.12. The van der Waals surface area contributed by atoms with Gasteiger partial charge in [-0.1, -0.05) is 55.5 Å². The number of rotatable bonds is 11. The number of pyridine rings is 1. The minimum absolute atomic E-state index is 0.246. The molecule has 37 heavy (non-hydrogen) atoms. The number of carbonyl (C=O) groups excluding carboxylic acids is 1. The predicted molar refractivity (Wildman–Crippen MR) is 142 cm³/mol. The lowest BCUT2D eigenvalue weighted by atomic mass is 9.89. The molecule has 1 aromatic rings. The van der Waals surface area contributed by atoms with Crippen molar-refractivity contribution >= 4 is 5.78 Å². The SMILES string of the molecule is COC(/C(C)=C/C=C/CN)C(C)C1OC(/C=C/C=C/C=C(\C)C(=O)c2c(O)ccn(C)c2=O)C(O)C1O. The Labute approximate surface area is 217 Å². The molecule has 0 aliphatic carbocycles. The second-order valence-electron chi connectivity index (χ2n) is 9.08. The van der Waals surface area contributed by atoms with Gasteiger partial charge in [-0.05, 0) is 31.1 Å². The summed E-state index contributed by atoms with van der Waals surface area (Å²) in [6, 6.07) is 1.29. The van der Waals surface area contributed by atoms with Gasteiger partial charge in [0, 0.05) is 32.8 Å². The molecular weight excluding hydrogens is 476 g/mol. The van der Waals surface area contributed by atoms with Gasteiger partial charge in [0.2, 0.25) is 0 Å². The third kappa shape index (κ3) is 7.47. The largest absolute Gasteiger partial charge is 0.507 e. The standard InChI is InChI=1S/C28H38N2O7/c1-17(23(32)22-20(31)14-16-30(4)28(22)35)11-7-6-8-13-21-24(33)25(34)27(37-21)19(3)26(36-5)18(2)12-9-10-15-29/h6-14,16,19,21,24-27,31,33-34H,15,29H2,1-5H3/b7-6+,10-9+,13-8+,17-11+,18-12+. The van der Waals surface area contributed by atoms with Crippen LogP contribution in [0.3, 0.4) is 0 Å². The number of aromatic hydroxyl groups is 1. The number of aromatic nitrogens is 1. The normalized spacial score (nSPS) is 25.0. The quantitative estimate of drug-likeness (QED) is 0.199. The van der Waals surface area contributed by atoms with Gasteiger partial charge in [0.15, 0.2) is 5.78 Å². The number of aliphatic hydroxyl groups is 2. The Kier molecular flexibility index (Phi) is 11.4. The summed E-state index contributed by atoms with van der Waals surface area (Å²) >= 11 is 0. The van der Waals surface area contributed by atoms with E-state index in [0.717, 1.165) is 5.57 Å². The second kappa shape index (κ2) is 14.0. The number of hydrogen-bond donors (Lipinski definition) is 4. The molecule has 2 heterocycles. The first kappa shape index (κ1) is 30.1. The van der Waals surface area contributed by atoms with Gasteiger partial charge >= 0.3 is 0 Å². The van der Waals surface area contributed by atoms with Crippen LogP contribution < -0.4 is 11.3 Å². The van der Waals surface area contributed by atoms with Gasteiger partial charge in [-0.3, -0.25) is 9.59 Å². The predicted octanol–water partition coefficient (Wildman–Crippen LogP) is 1.93. The van der Waals surface area contributed by atoms with Crippen molar-refractivity contribution in [1.29, 1.82) is 0 Å². The molecule has 6 unspecified atom stereocenters. The highest BCUT2D eigenvalue weighted by Gasteiger charge is 2.45. The second-order valence-corrected chi connectivity index (χ2v) is 9.08. The van der Waals surface area contributed by atoms with Crippen LogP contribution >= 0.6 is 0 Å². The Bertz CT molecular complexity index is 1150. The van der Waals surface area contributed by atoms with Crippen molar-refractivity contribution in [2.75, 3.05) is 13.7 Å². The number of hydrogen-bond acceptors (Lipinski definition) is 8. The molecule has 9 heteroatoms. The smallest absolute Gasteiger partial charge is 0.265 e. The fourth-order valence-corrected chi connectivity index (χ4v) is 4.25. The Hall–Kier alpha value is -3.08. The van der Waals surface area contributed by atoms with Crippen LogP contribution in [0.25, 0.3) is 0 Å². The average molecular weight is 515 g/mol. The third-order valence-electron chi connectivity index (χ3n) is 6.37. The molecule has 0 saturated carbocycles. The summed E-state index contributed by atoms with van der Waals surface area (Å²) < 4.78 is 12.8. The van der Waals surface area contributed by atoms with Crippen molar-refractivity contribution in [3.05, 3.63) is 87.9 Å². The Balaban J connectivity index is 2.07. The van der Waals surface area contributed by atoms with E-state index in [0.29, 0.717) is 6.54 Å². The zero-order valence-corrected chi connectivity index (χ0v) is 21.9. The Morgan fingerprint density at radius 3 is 2.54 bits per heavy atom. The van der Waals surface area contributed by atoms with Crippen molar-refractivity contribution < 1.29 is 29.6 Å². The van der Waals surface area contributed by atoms with E-state index in [1.165, 1.54) is 30.0 Å². The van der Waals surface area contributed by atoms with E-state index in [1.807, 2.05) is 32.1 Å². The fraction of sp³-hybridized carbons (Fsp3) is 0.429. The third-order valence-corrected chi connectivity index (χ3v) is 6.37. The van der Waals surface area contributed by atoms with Crippen LogP contribution in [0.15, 0.2) is 76.8 Å². The number of allylic oxidation sites excluding steroid dienone is 7. The lowest BCUT2D eigenvalue weighted by Crippen LogP contribution is -2.40. The summed E-state index contributed by atoms with van der Waals surface area (Å²) in [6.07, 6.45) is 11.0. The number of nitrogens with zero attached hydrogens (tertiary/aromatic N) is 1. The van der Waals surface area contributed by atoms with Gasteiger partial charge in [0.1, 0.15) is 29.6 Å². The molecule has 1 aliphatic heterocycles. The van der Waals surface area contributed by atoms with Gasteiger partial charge in [-0.15, -0.1) is 0 Å². The van der Waals surface area contributed by atoms with E-state index >= 15 is 0 Å². The number of carbonyl (C=O) groups is 1. The molecule has 0 aromatic carbocycles. The summed E-state index contributed by atoms with van der Waals surface area (Å²) in [4.78, 5) is 24.8. The average Bonchev–Trinajstić information content (AvgIpc) is 3.15. The number of nitrogens with two attached hydrogens (primary N) is 1. The maximum absolute atomic E-state index is 12.6. The first-order chi connectivity index (χ1) is 17.5. The van der Waals surface area contributed by atoms with Crippen molar-refractivity contribution in [1.82, 2.24) is 4.57 Å². The first-order valence-electron chi connectivity index (χ1n) is 12.1. The fourth-order valence-electron chi connectivity index (χ4n) is 4.25. The Morgan fingerprint density at radius 2 is 1.89 bits per heavy atom. The van der Waals surface area contributed by atoms with Crippen LogP contribution in [0.4, 0.5) is 0 Å². The molecule has 0 amide bonds. The van der Waals surface area contributed by atoms with E-state index in [-0.39, 0.29) is 28.9 Å². The molecule has 2 rings (SSSR count). The highest BCUT2D eigenvalue weighted by atomic mass is 16.5. The van der Waals surface area contributed by atoms with Crippen LogP contribution in [0.1, 0.15) is 31.1 Å². The molecule has 9 nitrogen and oxygen atoms in total. The Morgan fingerprint density at radius 1 is 1.19 bits per heavy atom. The highest BCUT2D eigenvalue weighted by molar-refractivity contribution is 6.09. The van der Waals surface area contributed by atoms with Gasteiger partial charge in [-0.2, -0.15) is 0 Å². The molecule has 202 valence electrons. The van der Waals surface area contributed by atoms with Gasteiger partial charge in [0.25, 0.3) is 5.56 Å². The van der Waals surface area contributed by atoms with E-state index in [1.54, 1.807) is 38.3 Å². The van der Waals surface area contributed by atoms with Gasteiger partial charge in [-0.25, -0.2) is 0 Å². The molecule has 5 N–H and O–H groups in total. The van der Waals surface area contributed by atoms with Crippen LogP contribution in [0, 0.1) is 5.92 Å². The van der Waals surface area contributed by atoms with Gasteiger partial charge < -0.3 is 35.1 Å². The summed E-state index contributed by atoms with van der Waals surface area (Å²) in [5, 5.41) is 31.1. The summed E-state index contributed by atoms with van der Waals surface area (Å²) in [5.41, 5.74) is 5.82. The monoisotopic (exact) mass is 514 g/mol. The maximum atomic E-state index is 12.6. The molecule has 1 aromatic heterocycles. The summed E-state index contributed by atoms with van der Waals surface area (Å²) in [5.74, 6) is -1.19. The van der Waals surface area contributed by atoms with Crippen molar-refractivity contribution in [3.8, 4) is 5.75 Å². The number of Topliss-reactive ketones (excluding diaryl/α,β-unsaturated/α-hetero) is 1. The number of ketones is 1. The van der Waals surface area contributed by atoms with Crippen LogP contribution in [0.5, 0.6) is 5.75 Å². The van der Waals surface area contributed by atoms with Crippen molar-refractivity contribution in [2.24, 2.45) is 18.7 Å². The molecule has 0 bridgehead atoms. The highest BCUT2D eigenvalue weighted by Crippen LogP contribution is 2.32. The maximum Gasteiger partial charge on any atom is 0.265 e. The molecule has 6 atom stereocenters. The van der Waals surface area contributed by atoms with Crippen LogP contribution in [-0.2, 0) is 16.5 Å². The van der Waals surface area contributed by atoms with E-state index in [4.69, 9.17) is 15.2 Å². The van der Waals surface area contributed by atoms with Crippen molar-refractivity contribution in [2.45, 2.75) is 51.3 Å². The minimum Gasteiger partial charge on any atom is -0.507 e. The topological polar surface area (TPSA) is 144 Å². The van der Waals surface area contributed by atoms with E-state index < -0.39 is 35.8 Å². The van der Waals surface area contributed by atoms with Crippen LogP contribution in [0.2, 0.25) is 0 Å². The van der Waals surface area contributed by atoms with Gasteiger partial charge in [0.05, 0.1) is 12.2 Å². The molecule has 0 radical (unpaired) electrons. The van der Waals surface area contributed by atoms with E-state index in [9.17, 15) is 24.9 Å². The molecule has 0 spiro atoms. The number of aryl methyl sites for hydroxylation is 1. The summed E-state index contributed by atoms with van der Waals surface area (Å²) in [7, 11) is 3.08. The first-order valence-corrected chi connectivity index (χ1v) is 12.1. The lowest BCUT2D eigenvalue weighted by molar-refractivity contribution is -0.0515.